The third kappa shape index (κ3) is 6.46. The molecule has 1 heterocycles. The number of aliphatic carboxylic acids is 1. The lowest BCUT2D eigenvalue weighted by Crippen LogP contribution is -2.45. The minimum absolute atomic E-state index is 0.481. The zero-order valence-corrected chi connectivity index (χ0v) is 19.5. The summed E-state index contributed by atoms with van der Waals surface area (Å²) in [7, 11) is 0. The highest BCUT2D eigenvalue weighted by molar-refractivity contribution is 9.10. The number of rotatable bonds is 7. The van der Waals surface area contributed by atoms with Crippen LogP contribution in [0.5, 0.6) is 5.75 Å². The maximum atomic E-state index is 12.7. The second kappa shape index (κ2) is 9.80. The van der Waals surface area contributed by atoms with Gasteiger partial charge >= 0.3 is 12.1 Å². The standard InChI is InChI=1S/C23H26BrF3N2O3/c1-22(2,21(30)31)32-19-8-5-17(20(24)13-19)15-29-11-9-28(10-12-29)14-16-3-6-18(7-4-16)23(25,26)27/h3-8,13H,9-12,14-15H2,1-2H3,(H,30,31). The van der Waals surface area contributed by atoms with Crippen molar-refractivity contribution in [2.75, 3.05) is 26.2 Å². The van der Waals surface area contributed by atoms with Gasteiger partial charge in [0.25, 0.3) is 0 Å². The quantitative estimate of drug-likeness (QED) is 0.561. The summed E-state index contributed by atoms with van der Waals surface area (Å²) in [6, 6.07) is 10.8. The predicted octanol–water partition coefficient (Wildman–Crippen LogP) is 5.03. The molecule has 2 aromatic carbocycles. The van der Waals surface area contributed by atoms with Crippen LogP contribution < -0.4 is 4.74 Å². The fraction of sp³-hybridized carbons (Fsp3) is 0.435. The third-order valence-electron chi connectivity index (χ3n) is 5.46. The molecule has 1 aliphatic heterocycles. The van der Waals surface area contributed by atoms with Gasteiger partial charge in [0.1, 0.15) is 5.75 Å². The van der Waals surface area contributed by atoms with E-state index in [2.05, 4.69) is 25.7 Å². The van der Waals surface area contributed by atoms with Crippen molar-refractivity contribution in [3.8, 4) is 5.75 Å². The van der Waals surface area contributed by atoms with E-state index < -0.39 is 23.3 Å². The zero-order valence-electron chi connectivity index (χ0n) is 18.0. The van der Waals surface area contributed by atoms with Crippen molar-refractivity contribution in [3.63, 3.8) is 0 Å². The van der Waals surface area contributed by atoms with Crippen LogP contribution >= 0.6 is 15.9 Å². The van der Waals surface area contributed by atoms with E-state index in [0.717, 1.165) is 60.5 Å². The minimum atomic E-state index is -4.31. The fourth-order valence-corrected chi connectivity index (χ4v) is 3.94. The number of alkyl halides is 3. The highest BCUT2D eigenvalue weighted by Gasteiger charge is 2.30. The molecule has 0 amide bonds. The summed E-state index contributed by atoms with van der Waals surface area (Å²) in [4.78, 5) is 15.8. The van der Waals surface area contributed by atoms with E-state index in [1.165, 1.54) is 13.8 Å². The molecule has 0 aromatic heterocycles. The maximum absolute atomic E-state index is 12.7. The monoisotopic (exact) mass is 514 g/mol. The van der Waals surface area contributed by atoms with Crippen molar-refractivity contribution in [3.05, 3.63) is 63.6 Å². The lowest BCUT2D eigenvalue weighted by molar-refractivity contribution is -0.152. The Morgan fingerprint density at radius 1 is 1.00 bits per heavy atom. The number of nitrogens with zero attached hydrogens (tertiary/aromatic N) is 2. The number of benzene rings is 2. The first kappa shape index (κ1) is 24.5. The molecule has 1 saturated heterocycles. The van der Waals surface area contributed by atoms with Crippen molar-refractivity contribution in [2.24, 2.45) is 0 Å². The van der Waals surface area contributed by atoms with Crippen LogP contribution in [0, 0.1) is 0 Å². The van der Waals surface area contributed by atoms with E-state index in [4.69, 9.17) is 4.74 Å². The van der Waals surface area contributed by atoms with Crippen molar-refractivity contribution in [1.82, 2.24) is 9.80 Å². The Hall–Kier alpha value is -2.10. The van der Waals surface area contributed by atoms with Gasteiger partial charge in [0.05, 0.1) is 5.56 Å². The van der Waals surface area contributed by atoms with Crippen LogP contribution in [0.4, 0.5) is 13.2 Å². The van der Waals surface area contributed by atoms with Gasteiger partial charge in [-0.2, -0.15) is 13.2 Å². The van der Waals surface area contributed by atoms with Crippen molar-refractivity contribution in [1.29, 1.82) is 0 Å². The maximum Gasteiger partial charge on any atom is 0.416 e. The van der Waals surface area contributed by atoms with Gasteiger partial charge in [-0.25, -0.2) is 4.79 Å². The Balaban J connectivity index is 1.51. The summed E-state index contributed by atoms with van der Waals surface area (Å²) in [5.74, 6) is -0.554. The van der Waals surface area contributed by atoms with Crippen LogP contribution in [-0.4, -0.2) is 52.7 Å². The molecule has 1 aliphatic rings. The Bertz CT molecular complexity index is 940. The molecule has 0 radical (unpaired) electrons. The van der Waals surface area contributed by atoms with Gasteiger partial charge in [-0.3, -0.25) is 9.80 Å². The first-order chi connectivity index (χ1) is 14.9. The average Bonchev–Trinajstić information content (AvgIpc) is 2.71. The van der Waals surface area contributed by atoms with Crippen LogP contribution in [0.25, 0.3) is 0 Å². The lowest BCUT2D eigenvalue weighted by Gasteiger charge is -2.35. The van der Waals surface area contributed by atoms with E-state index in [9.17, 15) is 23.1 Å². The molecule has 1 fully saturated rings. The Labute approximate surface area is 193 Å². The summed E-state index contributed by atoms with van der Waals surface area (Å²) in [6.07, 6.45) is -4.31. The summed E-state index contributed by atoms with van der Waals surface area (Å²) in [5.41, 5.74) is -0.0000102. The van der Waals surface area contributed by atoms with Crippen LogP contribution in [0.2, 0.25) is 0 Å². The van der Waals surface area contributed by atoms with Gasteiger partial charge in [0, 0.05) is 43.7 Å². The number of carbonyl (C=O) groups is 1. The van der Waals surface area contributed by atoms with E-state index in [1.54, 1.807) is 24.3 Å². The van der Waals surface area contributed by atoms with Crippen LogP contribution in [0.3, 0.4) is 0 Å². The largest absolute Gasteiger partial charge is 0.478 e. The summed E-state index contributed by atoms with van der Waals surface area (Å²) in [5, 5.41) is 9.21. The van der Waals surface area contributed by atoms with E-state index >= 15 is 0 Å². The number of hydrogen-bond donors (Lipinski definition) is 1. The van der Waals surface area contributed by atoms with Crippen molar-refractivity contribution >= 4 is 21.9 Å². The molecule has 0 unspecified atom stereocenters. The van der Waals surface area contributed by atoms with E-state index in [-0.39, 0.29) is 0 Å². The molecule has 2 aromatic rings. The smallest absolute Gasteiger partial charge is 0.416 e. The highest BCUT2D eigenvalue weighted by Crippen LogP contribution is 2.30. The summed E-state index contributed by atoms with van der Waals surface area (Å²) in [6.45, 7) is 7.70. The number of ether oxygens (including phenoxy) is 1. The molecule has 1 N–H and O–H groups in total. The molecular formula is C23H26BrF3N2O3. The molecule has 32 heavy (non-hydrogen) atoms. The lowest BCUT2D eigenvalue weighted by atomic mass is 10.1. The first-order valence-electron chi connectivity index (χ1n) is 10.3. The average molecular weight is 515 g/mol. The molecule has 0 spiro atoms. The topological polar surface area (TPSA) is 53.0 Å². The van der Waals surface area contributed by atoms with Gasteiger partial charge in [-0.15, -0.1) is 0 Å². The van der Waals surface area contributed by atoms with Gasteiger partial charge in [-0.05, 0) is 49.2 Å². The number of hydrogen-bond acceptors (Lipinski definition) is 4. The second-order valence-electron chi connectivity index (χ2n) is 8.42. The summed E-state index contributed by atoms with van der Waals surface area (Å²) >= 11 is 3.55. The first-order valence-corrected chi connectivity index (χ1v) is 11.0. The van der Waals surface area contributed by atoms with Crippen molar-refractivity contribution in [2.45, 2.75) is 38.7 Å². The summed E-state index contributed by atoms with van der Waals surface area (Å²) < 4.78 is 44.5. The number of carboxylic acid groups (broad SMARTS) is 1. The predicted molar refractivity (Wildman–Crippen MR) is 118 cm³/mol. The van der Waals surface area contributed by atoms with Gasteiger partial charge in [0.2, 0.25) is 0 Å². The highest BCUT2D eigenvalue weighted by atomic mass is 79.9. The minimum Gasteiger partial charge on any atom is -0.478 e. The number of halogens is 4. The molecule has 0 bridgehead atoms. The third-order valence-corrected chi connectivity index (χ3v) is 6.20. The number of carboxylic acids is 1. The Kier molecular flexibility index (Phi) is 7.52. The molecule has 174 valence electrons. The molecule has 3 rings (SSSR count). The zero-order chi connectivity index (χ0) is 23.5. The Morgan fingerprint density at radius 2 is 1.56 bits per heavy atom. The molecular weight excluding hydrogens is 489 g/mol. The van der Waals surface area contributed by atoms with Gasteiger partial charge in [0.15, 0.2) is 5.60 Å². The molecule has 0 atom stereocenters. The van der Waals surface area contributed by atoms with Gasteiger partial charge < -0.3 is 9.84 Å². The molecule has 5 nitrogen and oxygen atoms in total. The SMILES string of the molecule is CC(C)(Oc1ccc(CN2CCN(Cc3ccc(C(F)(F)F)cc3)CC2)c(Br)c1)C(=O)O. The fourth-order valence-electron chi connectivity index (χ4n) is 3.46. The molecule has 9 heteroatoms. The second-order valence-corrected chi connectivity index (χ2v) is 9.27. The molecule has 0 aliphatic carbocycles. The number of piperazine rings is 1. The van der Waals surface area contributed by atoms with Crippen LogP contribution in [0.15, 0.2) is 46.9 Å². The van der Waals surface area contributed by atoms with Crippen molar-refractivity contribution < 1.29 is 27.8 Å². The normalized spacial score (nSPS) is 16.2. The van der Waals surface area contributed by atoms with Crippen LogP contribution in [0.1, 0.15) is 30.5 Å². The van der Waals surface area contributed by atoms with E-state index in [1.807, 2.05) is 6.07 Å². The van der Waals surface area contributed by atoms with E-state index in [0.29, 0.717) is 12.3 Å². The van der Waals surface area contributed by atoms with Crippen LogP contribution in [-0.2, 0) is 24.1 Å². The Morgan fingerprint density at radius 3 is 2.06 bits per heavy atom. The van der Waals surface area contributed by atoms with Gasteiger partial charge in [-0.1, -0.05) is 34.1 Å². The molecule has 0 saturated carbocycles.